The molecule has 0 aromatic heterocycles. The van der Waals surface area contributed by atoms with Crippen LogP contribution in [0.1, 0.15) is 19.4 Å². The Morgan fingerprint density at radius 2 is 2.12 bits per heavy atom. The van der Waals surface area contributed by atoms with E-state index in [1.54, 1.807) is 13.8 Å². The van der Waals surface area contributed by atoms with Gasteiger partial charge < -0.3 is 0 Å². The molecule has 0 amide bonds. The van der Waals surface area contributed by atoms with E-state index in [0.29, 0.717) is 0 Å². The number of hydrogen-bond acceptors (Lipinski definition) is 4. The number of aliphatic imine (C=N–C) groups is 1. The van der Waals surface area contributed by atoms with E-state index < -0.39 is 10.5 Å². The summed E-state index contributed by atoms with van der Waals surface area (Å²) in [5.41, 5.74) is -1.01. The minimum atomic E-state index is -1.07. The average molecular weight is 241 g/mol. The second-order valence-corrected chi connectivity index (χ2v) is 4.06. The first-order valence-corrected chi connectivity index (χ1v) is 4.80. The first-order chi connectivity index (χ1) is 7.40. The molecule has 0 saturated heterocycles. The number of hydrogen-bond donors (Lipinski definition) is 0. The van der Waals surface area contributed by atoms with E-state index in [4.69, 9.17) is 11.6 Å². The molecule has 0 aliphatic carbocycles. The molecule has 0 atom stereocenters. The van der Waals surface area contributed by atoms with E-state index in [1.807, 2.05) is 0 Å². The Morgan fingerprint density at radius 3 is 2.62 bits per heavy atom. The highest BCUT2D eigenvalue weighted by Gasteiger charge is 2.31. The highest BCUT2D eigenvalue weighted by Crippen LogP contribution is 2.37. The van der Waals surface area contributed by atoms with Crippen LogP contribution in [0.25, 0.3) is 0 Å². The van der Waals surface area contributed by atoms with Crippen molar-refractivity contribution in [2.24, 2.45) is 4.99 Å². The molecule has 0 spiro atoms. The molecule has 0 aliphatic rings. The molecule has 0 heterocycles. The van der Waals surface area contributed by atoms with Crippen molar-refractivity contribution in [3.63, 3.8) is 0 Å². The summed E-state index contributed by atoms with van der Waals surface area (Å²) in [6.07, 6.45) is 1.39. The van der Waals surface area contributed by atoms with Crippen molar-refractivity contribution < 1.29 is 9.72 Å². The summed E-state index contributed by atoms with van der Waals surface area (Å²) < 4.78 is 0. The number of nitro benzene ring substituents is 1. The third kappa shape index (κ3) is 2.27. The van der Waals surface area contributed by atoms with E-state index in [-0.39, 0.29) is 16.3 Å². The Balaban J connectivity index is 3.53. The average Bonchev–Trinajstić information content (AvgIpc) is 2.16. The van der Waals surface area contributed by atoms with Crippen molar-refractivity contribution in [2.75, 3.05) is 0 Å². The fraction of sp³-hybridized carbons (Fsp3) is 0.300. The minimum Gasteiger partial charge on any atom is -0.258 e. The van der Waals surface area contributed by atoms with Gasteiger partial charge in [0.1, 0.15) is 5.54 Å². The van der Waals surface area contributed by atoms with Gasteiger partial charge in [-0.2, -0.15) is 4.99 Å². The molecule has 0 saturated carbocycles. The maximum Gasteiger partial charge on any atom is 0.276 e. The van der Waals surface area contributed by atoms with Crippen molar-refractivity contribution in [2.45, 2.75) is 19.4 Å². The molecule has 5 nitrogen and oxygen atoms in total. The standard InChI is InChI=1S/C10H9ClN2O3/c1-10(2,12-6-14)9-7(11)4-3-5-8(9)13(15)16/h3-5H,1-2H3. The van der Waals surface area contributed by atoms with Gasteiger partial charge >= 0.3 is 0 Å². The fourth-order valence-corrected chi connectivity index (χ4v) is 1.84. The Kier molecular flexibility index (Phi) is 3.42. The number of halogens is 1. The van der Waals surface area contributed by atoms with Crippen LogP contribution in [-0.2, 0) is 10.3 Å². The smallest absolute Gasteiger partial charge is 0.258 e. The van der Waals surface area contributed by atoms with Crippen LogP contribution in [0.2, 0.25) is 5.02 Å². The molecule has 0 aliphatic heterocycles. The quantitative estimate of drug-likeness (QED) is 0.353. The van der Waals surface area contributed by atoms with Crippen LogP contribution in [0.3, 0.4) is 0 Å². The zero-order chi connectivity index (χ0) is 12.3. The Hall–Kier alpha value is -1.71. The summed E-state index contributed by atoms with van der Waals surface area (Å²) in [5.74, 6) is 0. The maximum absolute atomic E-state index is 10.8. The lowest BCUT2D eigenvalue weighted by atomic mass is 9.93. The monoisotopic (exact) mass is 240 g/mol. The van der Waals surface area contributed by atoms with Crippen molar-refractivity contribution in [1.29, 1.82) is 0 Å². The SMILES string of the molecule is CC(C)(N=C=O)c1c(Cl)cccc1[N+](=O)[O-]. The second-order valence-electron chi connectivity index (χ2n) is 3.65. The van der Waals surface area contributed by atoms with Crippen molar-refractivity contribution in [3.05, 3.63) is 38.9 Å². The highest BCUT2D eigenvalue weighted by atomic mass is 35.5. The minimum absolute atomic E-state index is 0.156. The summed E-state index contributed by atoms with van der Waals surface area (Å²) in [4.78, 5) is 24.1. The first-order valence-electron chi connectivity index (χ1n) is 4.42. The van der Waals surface area contributed by atoms with Gasteiger partial charge in [0.05, 0.1) is 15.5 Å². The largest absolute Gasteiger partial charge is 0.276 e. The van der Waals surface area contributed by atoms with Crippen LogP contribution < -0.4 is 0 Å². The third-order valence-corrected chi connectivity index (χ3v) is 2.44. The summed E-state index contributed by atoms with van der Waals surface area (Å²) in [5, 5.41) is 11.0. The number of nitro groups is 1. The zero-order valence-electron chi connectivity index (χ0n) is 8.73. The predicted octanol–water partition coefficient (Wildman–Crippen LogP) is 2.82. The van der Waals surface area contributed by atoms with Crippen LogP contribution in [0, 0.1) is 10.1 Å². The van der Waals surface area contributed by atoms with E-state index in [0.717, 1.165) is 0 Å². The maximum atomic E-state index is 10.8. The molecular weight excluding hydrogens is 232 g/mol. The summed E-state index contributed by atoms with van der Waals surface area (Å²) in [6, 6.07) is 4.32. The number of isocyanates is 1. The highest BCUT2D eigenvalue weighted by molar-refractivity contribution is 6.31. The number of benzene rings is 1. The second kappa shape index (κ2) is 4.43. The molecule has 84 valence electrons. The van der Waals surface area contributed by atoms with Gasteiger partial charge in [-0.15, -0.1) is 0 Å². The van der Waals surface area contributed by atoms with Crippen molar-refractivity contribution in [3.8, 4) is 0 Å². The molecule has 16 heavy (non-hydrogen) atoms. The molecule has 6 heteroatoms. The molecule has 0 fully saturated rings. The van der Waals surface area contributed by atoms with Gasteiger partial charge in [0, 0.05) is 6.07 Å². The first kappa shape index (κ1) is 12.4. The van der Waals surface area contributed by atoms with Crippen LogP contribution in [0.4, 0.5) is 5.69 Å². The molecule has 1 aromatic rings. The van der Waals surface area contributed by atoms with Crippen LogP contribution in [-0.4, -0.2) is 11.0 Å². The predicted molar refractivity (Wildman–Crippen MR) is 59.3 cm³/mol. The van der Waals surface area contributed by atoms with E-state index >= 15 is 0 Å². The summed E-state index contributed by atoms with van der Waals surface area (Å²) in [6.45, 7) is 3.12. The van der Waals surface area contributed by atoms with E-state index in [9.17, 15) is 14.9 Å². The molecule has 1 rings (SSSR count). The Bertz CT molecular complexity index is 479. The number of rotatable bonds is 3. The lowest BCUT2D eigenvalue weighted by molar-refractivity contribution is -0.386. The topological polar surface area (TPSA) is 72.6 Å². The van der Waals surface area contributed by atoms with Crippen molar-refractivity contribution >= 4 is 23.4 Å². The van der Waals surface area contributed by atoms with E-state index in [2.05, 4.69) is 4.99 Å². The molecule has 0 unspecified atom stereocenters. The van der Waals surface area contributed by atoms with Gasteiger partial charge in [-0.3, -0.25) is 10.1 Å². The molecule has 0 bridgehead atoms. The molecule has 1 aromatic carbocycles. The van der Waals surface area contributed by atoms with Gasteiger partial charge in [-0.1, -0.05) is 17.7 Å². The normalized spacial score (nSPS) is 10.7. The van der Waals surface area contributed by atoms with Gasteiger partial charge in [0.15, 0.2) is 0 Å². The Morgan fingerprint density at radius 1 is 1.50 bits per heavy atom. The zero-order valence-corrected chi connectivity index (χ0v) is 9.49. The van der Waals surface area contributed by atoms with Gasteiger partial charge in [-0.05, 0) is 19.9 Å². The van der Waals surface area contributed by atoms with Gasteiger partial charge in [-0.25, -0.2) is 4.79 Å². The summed E-state index contributed by atoms with van der Waals surface area (Å²) >= 11 is 5.90. The number of carbonyl (C=O) groups excluding carboxylic acids is 1. The number of nitrogens with zero attached hydrogens (tertiary/aromatic N) is 2. The summed E-state index contributed by atoms with van der Waals surface area (Å²) in [7, 11) is 0. The van der Waals surface area contributed by atoms with Crippen molar-refractivity contribution in [1.82, 2.24) is 0 Å². The molecular formula is C10H9ClN2O3. The third-order valence-electron chi connectivity index (χ3n) is 2.13. The van der Waals surface area contributed by atoms with Crippen LogP contribution in [0.5, 0.6) is 0 Å². The van der Waals surface area contributed by atoms with Gasteiger partial charge in [0.25, 0.3) is 5.69 Å². The fourth-order valence-electron chi connectivity index (χ4n) is 1.44. The molecule has 0 radical (unpaired) electrons. The lowest BCUT2D eigenvalue weighted by Crippen LogP contribution is -2.16. The van der Waals surface area contributed by atoms with Crippen LogP contribution in [0.15, 0.2) is 23.2 Å². The van der Waals surface area contributed by atoms with Gasteiger partial charge in [0.2, 0.25) is 6.08 Å². The van der Waals surface area contributed by atoms with E-state index in [1.165, 1.54) is 24.3 Å². The van der Waals surface area contributed by atoms with Crippen LogP contribution >= 0.6 is 11.6 Å². The lowest BCUT2D eigenvalue weighted by Gasteiger charge is -2.18. The Labute approximate surface area is 96.9 Å². The molecule has 0 N–H and O–H groups in total.